The molecule has 1 amide bonds. The van der Waals surface area contributed by atoms with Crippen LogP contribution in [0.15, 0.2) is 42.5 Å². The molecule has 0 bridgehead atoms. The monoisotopic (exact) mass is 317 g/mol. The molecule has 0 radical (unpaired) electrons. The Morgan fingerprint density at radius 3 is 2.43 bits per heavy atom. The van der Waals surface area contributed by atoms with Crippen LogP contribution in [0.25, 0.3) is 0 Å². The number of carbonyl (C=O) groups excluding carboxylic acids is 2. The van der Waals surface area contributed by atoms with Gasteiger partial charge >= 0.3 is 5.97 Å². The Kier molecular flexibility index (Phi) is 5.30. The molecule has 0 saturated heterocycles. The summed E-state index contributed by atoms with van der Waals surface area (Å²) < 4.78 is 23.5. The molecule has 1 N–H and O–H groups in total. The molecule has 2 aromatic rings. The van der Waals surface area contributed by atoms with E-state index in [4.69, 9.17) is 9.47 Å². The first-order valence-electron chi connectivity index (χ1n) is 6.87. The number of anilines is 1. The van der Waals surface area contributed by atoms with Gasteiger partial charge in [-0.05, 0) is 48.9 Å². The second-order valence-corrected chi connectivity index (χ2v) is 4.84. The van der Waals surface area contributed by atoms with Crippen molar-refractivity contribution in [2.45, 2.75) is 6.92 Å². The van der Waals surface area contributed by atoms with E-state index < -0.39 is 24.3 Å². The third-order valence-electron chi connectivity index (χ3n) is 3.06. The first kappa shape index (κ1) is 16.5. The highest BCUT2D eigenvalue weighted by atomic mass is 19.1. The van der Waals surface area contributed by atoms with E-state index in [-0.39, 0.29) is 5.69 Å². The van der Waals surface area contributed by atoms with Crippen molar-refractivity contribution in [1.82, 2.24) is 0 Å². The average Bonchev–Trinajstić information content (AvgIpc) is 2.55. The number of hydrogen-bond donors (Lipinski definition) is 1. The second-order valence-electron chi connectivity index (χ2n) is 4.84. The Morgan fingerprint density at radius 2 is 1.83 bits per heavy atom. The van der Waals surface area contributed by atoms with Gasteiger partial charge in [-0.2, -0.15) is 0 Å². The minimum absolute atomic E-state index is 0.0427. The Morgan fingerprint density at radius 1 is 1.13 bits per heavy atom. The van der Waals surface area contributed by atoms with Gasteiger partial charge in [0.25, 0.3) is 5.91 Å². The molecule has 0 aliphatic carbocycles. The molecule has 2 aromatic carbocycles. The maximum absolute atomic E-state index is 13.6. The standard InChI is InChI=1S/C17H16FNO4/c1-11-3-8-15(14(18)9-11)19-16(20)10-23-17(21)12-4-6-13(22-2)7-5-12/h3-9H,10H2,1-2H3,(H,19,20). The molecule has 0 aliphatic rings. The molecule has 120 valence electrons. The van der Waals surface area contributed by atoms with Crippen LogP contribution in [0.4, 0.5) is 10.1 Å². The largest absolute Gasteiger partial charge is 0.497 e. The Labute approximate surface area is 133 Å². The average molecular weight is 317 g/mol. The number of hydrogen-bond acceptors (Lipinski definition) is 4. The Bertz CT molecular complexity index is 713. The maximum atomic E-state index is 13.6. The summed E-state index contributed by atoms with van der Waals surface area (Å²) in [7, 11) is 1.52. The molecule has 0 fully saturated rings. The summed E-state index contributed by atoms with van der Waals surface area (Å²) in [5.41, 5.74) is 1.08. The zero-order valence-electron chi connectivity index (χ0n) is 12.8. The lowest BCUT2D eigenvalue weighted by atomic mass is 10.2. The van der Waals surface area contributed by atoms with Crippen LogP contribution in [-0.4, -0.2) is 25.6 Å². The zero-order valence-corrected chi connectivity index (χ0v) is 12.8. The van der Waals surface area contributed by atoms with Crippen LogP contribution >= 0.6 is 0 Å². The van der Waals surface area contributed by atoms with Crippen LogP contribution < -0.4 is 10.1 Å². The van der Waals surface area contributed by atoms with Gasteiger partial charge in [0.1, 0.15) is 11.6 Å². The summed E-state index contributed by atoms with van der Waals surface area (Å²) in [6.45, 7) is 1.24. The van der Waals surface area contributed by atoms with Gasteiger partial charge in [0.2, 0.25) is 0 Å². The topological polar surface area (TPSA) is 64.6 Å². The van der Waals surface area contributed by atoms with E-state index in [0.717, 1.165) is 5.56 Å². The molecule has 0 unspecified atom stereocenters. The van der Waals surface area contributed by atoms with Gasteiger partial charge < -0.3 is 14.8 Å². The second kappa shape index (κ2) is 7.40. The van der Waals surface area contributed by atoms with Crippen LogP contribution in [0, 0.1) is 12.7 Å². The first-order valence-corrected chi connectivity index (χ1v) is 6.87. The van der Waals surface area contributed by atoms with E-state index in [1.807, 2.05) is 0 Å². The number of esters is 1. The normalized spacial score (nSPS) is 10.0. The van der Waals surface area contributed by atoms with E-state index >= 15 is 0 Å². The van der Waals surface area contributed by atoms with Gasteiger partial charge in [-0.25, -0.2) is 9.18 Å². The zero-order chi connectivity index (χ0) is 16.8. The SMILES string of the molecule is COc1ccc(C(=O)OCC(=O)Nc2ccc(C)cc2F)cc1. The minimum atomic E-state index is -0.646. The lowest BCUT2D eigenvalue weighted by Crippen LogP contribution is -2.21. The number of benzene rings is 2. The lowest BCUT2D eigenvalue weighted by Gasteiger charge is -2.08. The fraction of sp³-hybridized carbons (Fsp3) is 0.176. The minimum Gasteiger partial charge on any atom is -0.497 e. The quantitative estimate of drug-likeness (QED) is 0.861. The van der Waals surface area contributed by atoms with Crippen LogP contribution in [0.3, 0.4) is 0 Å². The summed E-state index contributed by atoms with van der Waals surface area (Å²) in [6.07, 6.45) is 0. The fourth-order valence-electron chi connectivity index (χ4n) is 1.85. The number of methoxy groups -OCH3 is 1. The van der Waals surface area contributed by atoms with Crippen LogP contribution in [-0.2, 0) is 9.53 Å². The molecule has 0 atom stereocenters. The highest BCUT2D eigenvalue weighted by molar-refractivity contribution is 5.95. The molecule has 5 nitrogen and oxygen atoms in total. The van der Waals surface area contributed by atoms with Gasteiger partial charge in [0.05, 0.1) is 18.4 Å². The van der Waals surface area contributed by atoms with E-state index in [1.165, 1.54) is 31.4 Å². The maximum Gasteiger partial charge on any atom is 0.338 e. The molecular formula is C17H16FNO4. The van der Waals surface area contributed by atoms with Gasteiger partial charge in [0.15, 0.2) is 6.61 Å². The van der Waals surface area contributed by atoms with Crippen molar-refractivity contribution >= 4 is 17.6 Å². The predicted octanol–water partition coefficient (Wildman–Crippen LogP) is 2.94. The van der Waals surface area contributed by atoms with Crippen molar-refractivity contribution < 1.29 is 23.5 Å². The number of amides is 1. The van der Waals surface area contributed by atoms with Crippen molar-refractivity contribution in [3.63, 3.8) is 0 Å². The molecule has 2 rings (SSSR count). The summed E-state index contributed by atoms with van der Waals surface area (Å²) in [6, 6.07) is 10.7. The number of halogens is 1. The molecule has 0 aliphatic heterocycles. The molecule has 0 heterocycles. The summed E-state index contributed by atoms with van der Waals surface area (Å²) in [5.74, 6) is -1.20. The predicted molar refractivity (Wildman–Crippen MR) is 83.0 cm³/mol. The van der Waals surface area contributed by atoms with Crippen molar-refractivity contribution in [1.29, 1.82) is 0 Å². The highest BCUT2D eigenvalue weighted by Crippen LogP contribution is 2.15. The molecule has 0 aromatic heterocycles. The smallest absolute Gasteiger partial charge is 0.338 e. The molecular weight excluding hydrogens is 301 g/mol. The van der Waals surface area contributed by atoms with Crippen molar-refractivity contribution in [2.75, 3.05) is 19.0 Å². The number of nitrogens with one attached hydrogen (secondary N) is 1. The molecule has 0 spiro atoms. The van der Waals surface area contributed by atoms with E-state index in [2.05, 4.69) is 5.32 Å². The van der Waals surface area contributed by atoms with Crippen molar-refractivity contribution in [3.8, 4) is 5.75 Å². The summed E-state index contributed by atoms with van der Waals surface area (Å²) >= 11 is 0. The van der Waals surface area contributed by atoms with Crippen molar-refractivity contribution in [2.24, 2.45) is 0 Å². The molecule has 23 heavy (non-hydrogen) atoms. The number of ether oxygens (including phenoxy) is 2. The first-order chi connectivity index (χ1) is 11.0. The number of carbonyl (C=O) groups is 2. The van der Waals surface area contributed by atoms with Crippen LogP contribution in [0.2, 0.25) is 0 Å². The van der Waals surface area contributed by atoms with E-state index in [1.54, 1.807) is 25.1 Å². The van der Waals surface area contributed by atoms with E-state index in [0.29, 0.717) is 11.3 Å². The summed E-state index contributed by atoms with van der Waals surface area (Å²) in [4.78, 5) is 23.5. The number of rotatable bonds is 5. The van der Waals surface area contributed by atoms with Crippen LogP contribution in [0.5, 0.6) is 5.75 Å². The van der Waals surface area contributed by atoms with Gasteiger partial charge in [-0.15, -0.1) is 0 Å². The van der Waals surface area contributed by atoms with Crippen LogP contribution in [0.1, 0.15) is 15.9 Å². The highest BCUT2D eigenvalue weighted by Gasteiger charge is 2.12. The van der Waals surface area contributed by atoms with Gasteiger partial charge in [-0.1, -0.05) is 6.07 Å². The number of aryl methyl sites for hydroxylation is 1. The lowest BCUT2D eigenvalue weighted by molar-refractivity contribution is -0.119. The fourth-order valence-corrected chi connectivity index (χ4v) is 1.85. The Balaban J connectivity index is 1.89. The van der Waals surface area contributed by atoms with Gasteiger partial charge in [-0.3, -0.25) is 4.79 Å². The Hall–Kier alpha value is -2.89. The summed E-state index contributed by atoms with van der Waals surface area (Å²) in [5, 5.41) is 2.35. The third kappa shape index (κ3) is 4.54. The molecule has 0 saturated carbocycles. The van der Waals surface area contributed by atoms with Gasteiger partial charge in [0, 0.05) is 0 Å². The van der Waals surface area contributed by atoms with E-state index in [9.17, 15) is 14.0 Å². The van der Waals surface area contributed by atoms with Crippen molar-refractivity contribution in [3.05, 3.63) is 59.4 Å². The molecule has 6 heteroatoms. The third-order valence-corrected chi connectivity index (χ3v) is 3.06.